The molecule has 2 aromatic carbocycles. The molecule has 0 radical (unpaired) electrons. The normalized spacial score (nSPS) is 25.1. The lowest BCUT2D eigenvalue weighted by atomic mass is 9.59. The number of amides is 2. The van der Waals surface area contributed by atoms with Gasteiger partial charge in [-0.3, -0.25) is 29.3 Å². The van der Waals surface area contributed by atoms with Crippen LogP contribution in [0, 0.1) is 27.9 Å². The van der Waals surface area contributed by atoms with Crippen LogP contribution in [0.4, 0.5) is 11.4 Å². The highest BCUT2D eigenvalue weighted by Crippen LogP contribution is 2.57. The third kappa shape index (κ3) is 4.03. The highest BCUT2D eigenvalue weighted by atomic mass is 79.9. The molecule has 0 saturated carbocycles. The number of ether oxygens (including phenoxy) is 1. The van der Waals surface area contributed by atoms with Crippen molar-refractivity contribution in [2.45, 2.75) is 25.7 Å². The minimum Gasteiger partial charge on any atom is -0.503 e. The van der Waals surface area contributed by atoms with E-state index in [1.54, 1.807) is 13.0 Å². The number of carbonyl (C=O) groups is 4. The van der Waals surface area contributed by atoms with Crippen LogP contribution >= 0.6 is 31.9 Å². The molecule has 1 heterocycles. The molecule has 1 N–H and O–H groups in total. The molecule has 4 atom stereocenters. The molecule has 3 aliphatic carbocycles. The van der Waals surface area contributed by atoms with Crippen molar-refractivity contribution in [3.8, 4) is 11.5 Å². The number of nitro groups is 1. The summed E-state index contributed by atoms with van der Waals surface area (Å²) < 4.78 is 6.13. The van der Waals surface area contributed by atoms with Crippen molar-refractivity contribution in [3.63, 3.8) is 0 Å². The van der Waals surface area contributed by atoms with Crippen molar-refractivity contribution >= 4 is 66.6 Å². The van der Waals surface area contributed by atoms with Gasteiger partial charge in [-0.15, -0.1) is 0 Å². The number of rotatable bonds is 4. The number of non-ortho nitro benzene ring substituents is 1. The maximum absolute atomic E-state index is 14.0. The number of nitro benzene ring substituents is 1. The molecule has 10 nitrogen and oxygen atoms in total. The van der Waals surface area contributed by atoms with Crippen molar-refractivity contribution < 1.29 is 33.9 Å². The number of Topliss-reactive ketones (excluding diaryl/α,β-unsaturated/α-hetero) is 1. The van der Waals surface area contributed by atoms with Gasteiger partial charge in [-0.05, 0) is 81.3 Å². The van der Waals surface area contributed by atoms with Crippen LogP contribution in [0.25, 0.3) is 0 Å². The predicted molar refractivity (Wildman–Crippen MR) is 157 cm³/mol. The summed E-state index contributed by atoms with van der Waals surface area (Å²) in [4.78, 5) is 66.5. The highest BCUT2D eigenvalue weighted by Gasteiger charge is 2.57. The van der Waals surface area contributed by atoms with Gasteiger partial charge < -0.3 is 9.84 Å². The van der Waals surface area contributed by atoms with Gasteiger partial charge in [0.15, 0.2) is 23.1 Å². The van der Waals surface area contributed by atoms with E-state index in [0.717, 1.165) is 4.90 Å². The standard InChI is InChI=1S/C30H22Br2N2O8/c1-12-8-20(35)18-10-17-15(22(24(18)27(12)36)19-11-21(42-2)28(37)26(32)25(19)31)6-7-16-23(17)30(39)33(29(16)38)13-4-3-5-14(9-13)34(40)41/h3-6,8-9,11,16-17,22-23,37H,7,10H2,1-2H3. The molecule has 0 aromatic heterocycles. The Bertz CT molecular complexity index is 1760. The van der Waals surface area contributed by atoms with Gasteiger partial charge in [0.2, 0.25) is 11.8 Å². The van der Waals surface area contributed by atoms with E-state index in [1.807, 2.05) is 6.08 Å². The topological polar surface area (TPSA) is 144 Å². The summed E-state index contributed by atoms with van der Waals surface area (Å²) in [6.45, 7) is 1.58. The molecule has 2 aromatic rings. The number of anilines is 1. The molecule has 0 spiro atoms. The van der Waals surface area contributed by atoms with E-state index in [0.29, 0.717) is 31.2 Å². The van der Waals surface area contributed by atoms with Gasteiger partial charge in [-0.1, -0.05) is 17.7 Å². The summed E-state index contributed by atoms with van der Waals surface area (Å²) in [5, 5.41) is 22.0. The lowest BCUT2D eigenvalue weighted by molar-refractivity contribution is -0.384. The monoisotopic (exact) mass is 696 g/mol. The minimum absolute atomic E-state index is 0.0863. The number of hydrogen-bond donors (Lipinski definition) is 1. The summed E-state index contributed by atoms with van der Waals surface area (Å²) in [6.07, 6.45) is 3.46. The number of hydrogen-bond acceptors (Lipinski definition) is 8. The average Bonchev–Trinajstić information content (AvgIpc) is 3.23. The summed E-state index contributed by atoms with van der Waals surface area (Å²) in [7, 11) is 1.39. The van der Waals surface area contributed by atoms with Crippen LogP contribution in [0.5, 0.6) is 11.5 Å². The fourth-order valence-corrected chi connectivity index (χ4v) is 7.65. The van der Waals surface area contributed by atoms with Gasteiger partial charge in [0.25, 0.3) is 5.69 Å². The minimum atomic E-state index is -0.843. The number of aromatic hydroxyl groups is 1. The molecule has 2 amide bonds. The number of benzene rings is 2. The third-order valence-electron chi connectivity index (χ3n) is 8.57. The Morgan fingerprint density at radius 3 is 2.50 bits per heavy atom. The first-order chi connectivity index (χ1) is 20.0. The smallest absolute Gasteiger partial charge is 0.271 e. The van der Waals surface area contributed by atoms with E-state index < -0.39 is 40.4 Å². The second kappa shape index (κ2) is 10.1. The van der Waals surface area contributed by atoms with E-state index in [2.05, 4.69) is 31.9 Å². The van der Waals surface area contributed by atoms with E-state index >= 15 is 0 Å². The Morgan fingerprint density at radius 1 is 1.07 bits per heavy atom. The molecule has 42 heavy (non-hydrogen) atoms. The average molecular weight is 698 g/mol. The molecule has 6 rings (SSSR count). The lowest BCUT2D eigenvalue weighted by Gasteiger charge is -2.42. The van der Waals surface area contributed by atoms with Crippen LogP contribution in [-0.2, 0) is 19.2 Å². The molecule has 1 aliphatic heterocycles. The third-order valence-corrected chi connectivity index (χ3v) is 10.7. The zero-order chi connectivity index (χ0) is 30.2. The molecule has 12 heteroatoms. The maximum Gasteiger partial charge on any atom is 0.271 e. The van der Waals surface area contributed by atoms with Crippen LogP contribution in [0.15, 0.2) is 73.7 Å². The fraction of sp³-hybridized carbons (Fsp3) is 0.267. The predicted octanol–water partition coefficient (Wildman–Crippen LogP) is 5.47. The molecule has 4 aliphatic rings. The highest BCUT2D eigenvalue weighted by molar-refractivity contribution is 9.13. The first kappa shape index (κ1) is 28.2. The van der Waals surface area contributed by atoms with Crippen molar-refractivity contribution in [2.75, 3.05) is 12.0 Å². The van der Waals surface area contributed by atoms with Crippen LogP contribution in [0.2, 0.25) is 0 Å². The van der Waals surface area contributed by atoms with E-state index in [-0.39, 0.29) is 52.9 Å². The Labute approximate surface area is 256 Å². The Morgan fingerprint density at radius 2 is 1.81 bits per heavy atom. The number of methoxy groups -OCH3 is 1. The number of phenolic OH excluding ortho intramolecular Hbond substituents is 1. The second-order valence-corrected chi connectivity index (χ2v) is 12.2. The van der Waals surface area contributed by atoms with Gasteiger partial charge in [0, 0.05) is 39.2 Å². The van der Waals surface area contributed by atoms with Gasteiger partial charge in [0.1, 0.15) is 0 Å². The number of fused-ring (bicyclic) bond motifs is 3. The first-order valence-electron chi connectivity index (χ1n) is 13.0. The summed E-state index contributed by atoms with van der Waals surface area (Å²) in [5.74, 6) is -4.55. The summed E-state index contributed by atoms with van der Waals surface area (Å²) >= 11 is 6.93. The molecule has 1 fully saturated rings. The number of phenols is 1. The van der Waals surface area contributed by atoms with Gasteiger partial charge in [-0.25, -0.2) is 4.90 Å². The molecule has 1 saturated heterocycles. The van der Waals surface area contributed by atoms with Gasteiger partial charge >= 0.3 is 0 Å². The molecular formula is C30H22Br2N2O8. The van der Waals surface area contributed by atoms with E-state index in [1.165, 1.54) is 37.5 Å². The zero-order valence-electron chi connectivity index (χ0n) is 22.2. The molecule has 4 unspecified atom stereocenters. The van der Waals surface area contributed by atoms with E-state index in [9.17, 15) is 34.4 Å². The largest absolute Gasteiger partial charge is 0.503 e. The number of ketones is 2. The number of imide groups is 1. The summed E-state index contributed by atoms with van der Waals surface area (Å²) in [6, 6.07) is 6.97. The van der Waals surface area contributed by atoms with Crippen molar-refractivity contribution in [3.05, 3.63) is 89.4 Å². The van der Waals surface area contributed by atoms with Crippen LogP contribution in [-0.4, -0.2) is 40.5 Å². The van der Waals surface area contributed by atoms with Gasteiger partial charge in [-0.2, -0.15) is 0 Å². The Balaban J connectivity index is 1.52. The van der Waals surface area contributed by atoms with Gasteiger partial charge in [0.05, 0.1) is 34.0 Å². The van der Waals surface area contributed by atoms with Crippen LogP contribution in [0.3, 0.4) is 0 Å². The van der Waals surface area contributed by atoms with Crippen molar-refractivity contribution in [2.24, 2.45) is 17.8 Å². The lowest BCUT2D eigenvalue weighted by Crippen LogP contribution is -2.40. The second-order valence-electron chi connectivity index (χ2n) is 10.7. The molecule has 0 bridgehead atoms. The quantitative estimate of drug-likeness (QED) is 0.146. The number of halogens is 2. The first-order valence-corrected chi connectivity index (χ1v) is 14.6. The molecule has 214 valence electrons. The Kier molecular flexibility index (Phi) is 6.81. The number of nitrogens with zero attached hydrogens (tertiary/aromatic N) is 2. The van der Waals surface area contributed by atoms with Crippen molar-refractivity contribution in [1.82, 2.24) is 0 Å². The SMILES string of the molecule is COc1cc(C2C3=CCC4C(=O)N(c5cccc([N+](=O)[O-])c5)C(=O)C4C3CC3=C2C(=O)C(C)=CC3=O)c(Br)c(Br)c1O. The Hall–Kier alpha value is -3.90. The number of allylic oxidation sites excluding steroid dienone is 6. The molecular weight excluding hydrogens is 676 g/mol. The summed E-state index contributed by atoms with van der Waals surface area (Å²) in [5.41, 5.74) is 1.99. The maximum atomic E-state index is 14.0. The van der Waals surface area contributed by atoms with Crippen LogP contribution < -0.4 is 9.64 Å². The fourth-order valence-electron chi connectivity index (χ4n) is 6.69. The van der Waals surface area contributed by atoms with Crippen molar-refractivity contribution in [1.29, 1.82) is 0 Å². The van der Waals surface area contributed by atoms with E-state index in [4.69, 9.17) is 4.74 Å². The van der Waals surface area contributed by atoms with Crippen LogP contribution in [0.1, 0.15) is 31.2 Å². The zero-order valence-corrected chi connectivity index (χ0v) is 25.4. The number of carbonyl (C=O) groups excluding carboxylic acids is 4.